The second-order valence-corrected chi connectivity index (χ2v) is 13.2. The van der Waals surface area contributed by atoms with E-state index in [-0.39, 0.29) is 30.5 Å². The second-order valence-electron chi connectivity index (χ2n) is 11.0. The van der Waals surface area contributed by atoms with E-state index >= 15 is 0 Å². The summed E-state index contributed by atoms with van der Waals surface area (Å²) in [5.74, 6) is -0.337. The number of pyridine rings is 1. The highest BCUT2D eigenvalue weighted by Gasteiger charge is 2.40. The molecule has 2 atom stereocenters. The summed E-state index contributed by atoms with van der Waals surface area (Å²) >= 11 is 0. The lowest BCUT2D eigenvalue weighted by Gasteiger charge is -2.35. The summed E-state index contributed by atoms with van der Waals surface area (Å²) < 4.78 is 72.8. The highest BCUT2D eigenvalue weighted by molar-refractivity contribution is 7.89. The first-order chi connectivity index (χ1) is 18.5. The Bertz CT molecular complexity index is 1360. The fourth-order valence-corrected chi connectivity index (χ4v) is 8.15. The number of alkyl halides is 3. The number of nitrogens with one attached hydrogen (secondary N) is 1. The summed E-state index contributed by atoms with van der Waals surface area (Å²) in [5.41, 5.74) is -1.85. The van der Waals surface area contributed by atoms with E-state index < -0.39 is 51.0 Å². The van der Waals surface area contributed by atoms with E-state index in [0.29, 0.717) is 63.4 Å². The first kappa shape index (κ1) is 28.1. The third kappa shape index (κ3) is 5.73. The molecule has 3 fully saturated rings. The van der Waals surface area contributed by atoms with Crippen LogP contribution < -0.4 is 15.6 Å². The Hall–Kier alpha value is -2.45. The molecule has 0 unspecified atom stereocenters. The Balaban J connectivity index is 1.35. The molecule has 2 saturated carbocycles. The summed E-state index contributed by atoms with van der Waals surface area (Å²) in [6.45, 7) is -0.960. The Kier molecular flexibility index (Phi) is 7.81. The number of hydrogen-bond acceptors (Lipinski definition) is 8. The molecule has 2 aliphatic carbocycles. The molecule has 216 valence electrons. The van der Waals surface area contributed by atoms with E-state index in [2.05, 4.69) is 20.0 Å². The molecule has 2 aromatic heterocycles. The minimum absolute atomic E-state index is 0.133. The van der Waals surface area contributed by atoms with Crippen molar-refractivity contribution in [2.75, 3.05) is 18.4 Å². The van der Waals surface area contributed by atoms with Gasteiger partial charge in [0.25, 0.3) is 5.56 Å². The molecule has 1 saturated heterocycles. The average Bonchev–Trinajstić information content (AvgIpc) is 3.23. The van der Waals surface area contributed by atoms with Crippen LogP contribution in [0.3, 0.4) is 0 Å². The van der Waals surface area contributed by atoms with Gasteiger partial charge in [-0.2, -0.15) is 13.8 Å². The zero-order valence-corrected chi connectivity index (χ0v) is 22.5. The molecule has 39 heavy (non-hydrogen) atoms. The highest BCUT2D eigenvalue weighted by Crippen LogP contribution is 2.40. The number of sulfonamides is 1. The van der Waals surface area contributed by atoms with Crippen LogP contribution in [0.5, 0.6) is 5.75 Å². The van der Waals surface area contributed by atoms with Gasteiger partial charge in [0.1, 0.15) is 11.8 Å². The third-order valence-electron chi connectivity index (χ3n) is 8.32. The van der Waals surface area contributed by atoms with Gasteiger partial charge in [0.2, 0.25) is 16.0 Å². The maximum absolute atomic E-state index is 13.5. The first-order valence-electron chi connectivity index (χ1n) is 13.4. The van der Waals surface area contributed by atoms with E-state index in [4.69, 9.17) is 0 Å². The first-order valence-corrected chi connectivity index (χ1v) is 14.9. The van der Waals surface area contributed by atoms with Crippen LogP contribution in [0.25, 0.3) is 11.0 Å². The highest BCUT2D eigenvalue weighted by atomic mass is 32.2. The number of aliphatic hydroxyl groups is 1. The summed E-state index contributed by atoms with van der Waals surface area (Å²) in [5, 5.41) is 13.9. The van der Waals surface area contributed by atoms with Gasteiger partial charge in [-0.1, -0.05) is 0 Å². The van der Waals surface area contributed by atoms with E-state index in [1.165, 1.54) is 21.1 Å². The van der Waals surface area contributed by atoms with Gasteiger partial charge in [-0.05, 0) is 70.8 Å². The number of hydrogen-bond donors (Lipinski definition) is 2. The van der Waals surface area contributed by atoms with Gasteiger partial charge in [0.05, 0.1) is 16.9 Å². The smallest absolute Gasteiger partial charge is 0.387 e. The number of piperidine rings is 1. The number of anilines is 1. The number of rotatable bonds is 7. The van der Waals surface area contributed by atoms with Crippen LogP contribution >= 0.6 is 0 Å². The van der Waals surface area contributed by atoms with Gasteiger partial charge in [0, 0.05) is 30.7 Å². The Morgan fingerprint density at radius 3 is 2.46 bits per heavy atom. The zero-order valence-electron chi connectivity index (χ0n) is 21.7. The molecule has 3 heterocycles. The molecular weight excluding hydrogens is 539 g/mol. The maximum atomic E-state index is 13.5. The van der Waals surface area contributed by atoms with Crippen LogP contribution in [-0.2, 0) is 10.0 Å². The number of ether oxygens (including phenoxy) is 1. The standard InChI is InChI=1S/C25H34F3N5O5S/c1-25(35)10-2-3-20(25)33-21-15(13-19(22(33)34)38-23(27)28)14-29-24(31-21)30-17-8-11-32(12-9-17)39(36,37)18-6-4-16(26)5-7-18/h13-14,16-18,20,23,35H,2-12H2,1H3,(H,29,30,31)/t16?,18?,20-,25-/m1/s1. The van der Waals surface area contributed by atoms with Crippen LogP contribution in [0.15, 0.2) is 17.1 Å². The topological polar surface area (TPSA) is 127 Å². The third-order valence-corrected chi connectivity index (χ3v) is 10.7. The molecular formula is C25H34F3N5O5S. The van der Waals surface area contributed by atoms with Gasteiger partial charge >= 0.3 is 6.61 Å². The second kappa shape index (κ2) is 10.8. The van der Waals surface area contributed by atoms with Crippen molar-refractivity contribution in [1.29, 1.82) is 0 Å². The minimum atomic E-state index is -3.50. The molecule has 10 nitrogen and oxygen atoms in total. The predicted molar refractivity (Wildman–Crippen MR) is 138 cm³/mol. The van der Waals surface area contributed by atoms with Gasteiger partial charge in [-0.3, -0.25) is 9.36 Å². The zero-order chi connectivity index (χ0) is 27.9. The molecule has 3 aliphatic rings. The fraction of sp³-hybridized carbons (Fsp3) is 0.720. The molecule has 0 bridgehead atoms. The normalized spacial score (nSPS) is 29.2. The quantitative estimate of drug-likeness (QED) is 0.517. The summed E-state index contributed by atoms with van der Waals surface area (Å²) in [6, 6.07) is 0.358. The van der Waals surface area contributed by atoms with Crippen LogP contribution in [0.2, 0.25) is 0 Å². The minimum Gasteiger partial charge on any atom is -0.429 e. The molecule has 0 spiro atoms. The van der Waals surface area contributed by atoms with Crippen molar-refractivity contribution < 1.29 is 31.4 Å². The largest absolute Gasteiger partial charge is 0.429 e. The van der Waals surface area contributed by atoms with E-state index in [9.17, 15) is 31.5 Å². The summed E-state index contributed by atoms with van der Waals surface area (Å²) in [6.07, 6.45) is 4.28. The Morgan fingerprint density at radius 2 is 1.85 bits per heavy atom. The van der Waals surface area contributed by atoms with Crippen molar-refractivity contribution in [1.82, 2.24) is 18.8 Å². The molecule has 0 amide bonds. The number of fused-ring (bicyclic) bond motifs is 1. The maximum Gasteiger partial charge on any atom is 0.387 e. The van der Waals surface area contributed by atoms with Crippen LogP contribution in [0.4, 0.5) is 19.1 Å². The van der Waals surface area contributed by atoms with Crippen molar-refractivity contribution in [3.8, 4) is 5.75 Å². The van der Waals surface area contributed by atoms with Crippen molar-refractivity contribution in [3.05, 3.63) is 22.6 Å². The van der Waals surface area contributed by atoms with Crippen molar-refractivity contribution in [2.24, 2.45) is 0 Å². The van der Waals surface area contributed by atoms with E-state index in [1.807, 2.05) is 0 Å². The lowest BCUT2D eigenvalue weighted by molar-refractivity contribution is -0.0513. The van der Waals surface area contributed by atoms with E-state index in [0.717, 1.165) is 0 Å². The van der Waals surface area contributed by atoms with Gasteiger partial charge < -0.3 is 15.2 Å². The monoisotopic (exact) mass is 573 g/mol. The lowest BCUT2D eigenvalue weighted by atomic mass is 9.99. The van der Waals surface area contributed by atoms with Gasteiger partial charge in [0.15, 0.2) is 5.75 Å². The van der Waals surface area contributed by atoms with Crippen molar-refractivity contribution in [3.63, 3.8) is 0 Å². The van der Waals surface area contributed by atoms with Gasteiger partial charge in [-0.15, -0.1) is 0 Å². The fourth-order valence-electron chi connectivity index (χ4n) is 6.14. The molecule has 5 rings (SSSR count). The van der Waals surface area contributed by atoms with Crippen LogP contribution in [0, 0.1) is 0 Å². The molecule has 2 aromatic rings. The molecule has 1 aliphatic heterocycles. The predicted octanol–water partition coefficient (Wildman–Crippen LogP) is 3.36. The van der Waals surface area contributed by atoms with Crippen molar-refractivity contribution >= 4 is 27.0 Å². The van der Waals surface area contributed by atoms with Crippen LogP contribution in [-0.4, -0.2) is 75.1 Å². The lowest BCUT2D eigenvalue weighted by Crippen LogP contribution is -2.47. The number of aromatic nitrogens is 3. The van der Waals surface area contributed by atoms with E-state index in [1.54, 1.807) is 6.92 Å². The number of nitrogens with zero attached hydrogens (tertiary/aromatic N) is 4. The summed E-state index contributed by atoms with van der Waals surface area (Å²) in [4.78, 5) is 22.0. The molecule has 0 aromatic carbocycles. The van der Waals surface area contributed by atoms with Crippen molar-refractivity contribution in [2.45, 2.75) is 100 Å². The number of halogens is 3. The molecule has 0 radical (unpaired) electrons. The Morgan fingerprint density at radius 1 is 1.15 bits per heavy atom. The Labute approximate surface area is 224 Å². The summed E-state index contributed by atoms with van der Waals surface area (Å²) in [7, 11) is -3.50. The molecule has 14 heteroatoms. The SMILES string of the molecule is C[C@@]1(O)CCC[C@H]1n1c(=O)c(OC(F)F)cc2cnc(NC3CCN(S(=O)(=O)C4CCC(F)CC4)CC3)nc21. The molecule has 2 N–H and O–H groups in total. The van der Waals surface area contributed by atoms with Crippen LogP contribution in [0.1, 0.15) is 70.8 Å². The average molecular weight is 574 g/mol. The van der Waals surface area contributed by atoms with Gasteiger partial charge in [-0.25, -0.2) is 22.1 Å².